The molecule has 1 amide bonds. The molecule has 1 aromatic rings. The van der Waals surface area contributed by atoms with Gasteiger partial charge in [0.15, 0.2) is 12.1 Å². The van der Waals surface area contributed by atoms with Crippen LogP contribution in [0.3, 0.4) is 0 Å². The van der Waals surface area contributed by atoms with Crippen molar-refractivity contribution in [3.63, 3.8) is 0 Å². The van der Waals surface area contributed by atoms with E-state index in [2.05, 4.69) is 0 Å². The molecule has 0 radical (unpaired) electrons. The number of para-hydroxylation sites is 1. The Labute approximate surface area is 135 Å². The molecule has 1 aliphatic rings. The lowest BCUT2D eigenvalue weighted by Crippen LogP contribution is -2.55. The van der Waals surface area contributed by atoms with Gasteiger partial charge in [0.1, 0.15) is 5.75 Å². The van der Waals surface area contributed by atoms with Crippen LogP contribution in [0.4, 0.5) is 13.2 Å². The number of alkyl halides is 3. The number of aliphatic carboxylic acids is 1. The van der Waals surface area contributed by atoms with Crippen LogP contribution >= 0.6 is 0 Å². The number of carbonyl (C=O) groups is 2. The van der Waals surface area contributed by atoms with Gasteiger partial charge in [-0.2, -0.15) is 13.2 Å². The molecule has 0 saturated carbocycles. The summed E-state index contributed by atoms with van der Waals surface area (Å²) in [7, 11) is 0. The molecule has 1 aliphatic heterocycles. The van der Waals surface area contributed by atoms with Crippen LogP contribution in [0, 0.1) is 0 Å². The topological polar surface area (TPSA) is 76.1 Å². The Kier molecular flexibility index (Phi) is 5.33. The SMILES string of the molecule is CC(Oc1ccccc1C(F)(F)F)C(=O)N1CCOCC1C(=O)O. The lowest BCUT2D eigenvalue weighted by atomic mass is 10.1. The van der Waals surface area contributed by atoms with E-state index in [9.17, 15) is 22.8 Å². The monoisotopic (exact) mass is 347 g/mol. The van der Waals surface area contributed by atoms with E-state index in [0.29, 0.717) is 0 Å². The standard InChI is InChI=1S/C15H16F3NO5/c1-9(13(20)19-6-7-23-8-11(19)14(21)22)24-12-5-3-2-4-10(12)15(16,17)18/h2-5,9,11H,6-8H2,1H3,(H,21,22). The van der Waals surface area contributed by atoms with Gasteiger partial charge in [-0.1, -0.05) is 12.1 Å². The summed E-state index contributed by atoms with van der Waals surface area (Å²) >= 11 is 0. The zero-order chi connectivity index (χ0) is 17.9. The van der Waals surface area contributed by atoms with Crippen molar-refractivity contribution >= 4 is 11.9 Å². The van der Waals surface area contributed by atoms with Crippen LogP contribution in [0.1, 0.15) is 12.5 Å². The molecule has 24 heavy (non-hydrogen) atoms. The van der Waals surface area contributed by atoms with Crippen LogP contribution < -0.4 is 4.74 Å². The summed E-state index contributed by atoms with van der Waals surface area (Å²) in [5.41, 5.74) is -0.999. The van der Waals surface area contributed by atoms with E-state index < -0.39 is 41.5 Å². The van der Waals surface area contributed by atoms with Crippen LogP contribution in [0.5, 0.6) is 5.75 Å². The third kappa shape index (κ3) is 3.97. The van der Waals surface area contributed by atoms with Crippen molar-refractivity contribution in [2.45, 2.75) is 25.2 Å². The van der Waals surface area contributed by atoms with Crippen molar-refractivity contribution in [2.75, 3.05) is 19.8 Å². The maximum Gasteiger partial charge on any atom is 0.419 e. The largest absolute Gasteiger partial charge is 0.480 e. The number of carbonyl (C=O) groups excluding carboxylic acids is 1. The van der Waals surface area contributed by atoms with Crippen molar-refractivity contribution in [3.8, 4) is 5.75 Å². The number of rotatable bonds is 4. The van der Waals surface area contributed by atoms with Gasteiger partial charge in [-0.3, -0.25) is 4.79 Å². The molecule has 2 atom stereocenters. The Morgan fingerprint density at radius 1 is 1.38 bits per heavy atom. The molecule has 1 N–H and O–H groups in total. The van der Waals surface area contributed by atoms with Gasteiger partial charge in [-0.15, -0.1) is 0 Å². The van der Waals surface area contributed by atoms with Gasteiger partial charge in [0.25, 0.3) is 5.91 Å². The minimum Gasteiger partial charge on any atom is -0.480 e. The van der Waals surface area contributed by atoms with Gasteiger partial charge >= 0.3 is 12.1 Å². The Morgan fingerprint density at radius 2 is 2.04 bits per heavy atom. The molecule has 0 spiro atoms. The fourth-order valence-electron chi connectivity index (χ4n) is 2.35. The first kappa shape index (κ1) is 18.1. The minimum atomic E-state index is -4.62. The average Bonchev–Trinajstić information content (AvgIpc) is 2.53. The van der Waals surface area contributed by atoms with Gasteiger partial charge in [0.2, 0.25) is 0 Å². The minimum absolute atomic E-state index is 0.0322. The number of carboxylic acid groups (broad SMARTS) is 1. The first-order chi connectivity index (χ1) is 11.2. The molecule has 0 bridgehead atoms. The van der Waals surface area contributed by atoms with Crippen LogP contribution in [-0.4, -0.2) is 53.8 Å². The van der Waals surface area contributed by atoms with Gasteiger partial charge < -0.3 is 19.5 Å². The van der Waals surface area contributed by atoms with E-state index in [1.165, 1.54) is 19.1 Å². The predicted octanol–water partition coefficient (Wildman–Crippen LogP) is 1.78. The summed E-state index contributed by atoms with van der Waals surface area (Å²) < 4.78 is 49.0. The van der Waals surface area contributed by atoms with Crippen molar-refractivity contribution in [1.29, 1.82) is 0 Å². The highest BCUT2D eigenvalue weighted by atomic mass is 19.4. The average molecular weight is 347 g/mol. The smallest absolute Gasteiger partial charge is 0.419 e. The maximum absolute atomic E-state index is 13.0. The fraction of sp³-hybridized carbons (Fsp3) is 0.467. The zero-order valence-corrected chi connectivity index (χ0v) is 12.7. The van der Waals surface area contributed by atoms with Gasteiger partial charge in [0, 0.05) is 6.54 Å². The van der Waals surface area contributed by atoms with E-state index in [4.69, 9.17) is 14.6 Å². The number of carboxylic acids is 1. The van der Waals surface area contributed by atoms with Crippen LogP contribution in [0.25, 0.3) is 0 Å². The van der Waals surface area contributed by atoms with Crippen LogP contribution in [-0.2, 0) is 20.5 Å². The molecule has 1 saturated heterocycles. The number of hydrogen-bond donors (Lipinski definition) is 1. The summed E-state index contributed by atoms with van der Waals surface area (Å²) in [5.74, 6) is -2.43. The van der Waals surface area contributed by atoms with E-state index in [-0.39, 0.29) is 19.8 Å². The maximum atomic E-state index is 13.0. The Balaban J connectivity index is 2.16. The van der Waals surface area contributed by atoms with E-state index in [1.54, 1.807) is 0 Å². The molecular weight excluding hydrogens is 331 g/mol. The fourth-order valence-corrected chi connectivity index (χ4v) is 2.35. The molecular formula is C15H16F3NO5. The Morgan fingerprint density at radius 3 is 2.67 bits per heavy atom. The van der Waals surface area contributed by atoms with E-state index >= 15 is 0 Å². The number of benzene rings is 1. The van der Waals surface area contributed by atoms with Crippen molar-refractivity contribution in [2.24, 2.45) is 0 Å². The normalized spacial score (nSPS) is 19.7. The number of ether oxygens (including phenoxy) is 2. The molecule has 1 fully saturated rings. The van der Waals surface area contributed by atoms with Gasteiger partial charge in [-0.05, 0) is 19.1 Å². The molecule has 6 nitrogen and oxygen atoms in total. The van der Waals surface area contributed by atoms with E-state index in [0.717, 1.165) is 17.0 Å². The predicted molar refractivity (Wildman–Crippen MR) is 75.5 cm³/mol. The highest BCUT2D eigenvalue weighted by Crippen LogP contribution is 2.36. The molecule has 132 valence electrons. The second-order valence-electron chi connectivity index (χ2n) is 5.21. The van der Waals surface area contributed by atoms with Crippen LogP contribution in [0.15, 0.2) is 24.3 Å². The highest BCUT2D eigenvalue weighted by Gasteiger charge is 2.38. The van der Waals surface area contributed by atoms with Crippen molar-refractivity contribution < 1.29 is 37.3 Å². The summed E-state index contributed by atoms with van der Waals surface area (Å²) in [6.45, 7) is 1.29. The lowest BCUT2D eigenvalue weighted by Gasteiger charge is -2.34. The zero-order valence-electron chi connectivity index (χ0n) is 12.7. The second-order valence-corrected chi connectivity index (χ2v) is 5.21. The third-order valence-corrected chi connectivity index (χ3v) is 3.54. The summed E-state index contributed by atoms with van der Waals surface area (Å²) in [6.07, 6.45) is -5.89. The summed E-state index contributed by atoms with van der Waals surface area (Å²) in [5, 5.41) is 9.12. The first-order valence-electron chi connectivity index (χ1n) is 7.15. The molecule has 1 aromatic carbocycles. The Hall–Kier alpha value is -2.29. The van der Waals surface area contributed by atoms with Crippen molar-refractivity contribution in [3.05, 3.63) is 29.8 Å². The molecule has 0 aromatic heterocycles. The molecule has 0 aliphatic carbocycles. The number of morpholine rings is 1. The summed E-state index contributed by atoms with van der Waals surface area (Å²) in [4.78, 5) is 24.6. The quantitative estimate of drug-likeness (QED) is 0.899. The lowest BCUT2D eigenvalue weighted by molar-refractivity contribution is -0.161. The molecule has 1 heterocycles. The van der Waals surface area contributed by atoms with Gasteiger partial charge in [0.05, 0.1) is 18.8 Å². The van der Waals surface area contributed by atoms with Crippen molar-refractivity contribution in [1.82, 2.24) is 4.90 Å². The first-order valence-corrected chi connectivity index (χ1v) is 7.15. The summed E-state index contributed by atoms with van der Waals surface area (Å²) in [6, 6.07) is 3.35. The highest BCUT2D eigenvalue weighted by molar-refractivity contribution is 5.86. The van der Waals surface area contributed by atoms with Gasteiger partial charge in [-0.25, -0.2) is 4.79 Å². The Bertz CT molecular complexity index is 619. The van der Waals surface area contributed by atoms with Crippen LogP contribution in [0.2, 0.25) is 0 Å². The number of amides is 1. The van der Waals surface area contributed by atoms with E-state index in [1.807, 2.05) is 0 Å². The molecule has 9 heteroatoms. The number of nitrogens with zero attached hydrogens (tertiary/aromatic N) is 1. The third-order valence-electron chi connectivity index (χ3n) is 3.54. The number of hydrogen-bond acceptors (Lipinski definition) is 4. The molecule has 2 unspecified atom stereocenters. The molecule has 2 rings (SSSR count). The second kappa shape index (κ2) is 7.08. The number of halogens is 3.